The number of fused-ring (bicyclic) bond motifs is 1. The molecule has 0 fully saturated rings. The van der Waals surface area contributed by atoms with Crippen LogP contribution in [0.1, 0.15) is 28.9 Å². The third-order valence-electron chi connectivity index (χ3n) is 3.02. The van der Waals surface area contributed by atoms with Crippen LogP contribution in [0.4, 0.5) is 0 Å². The minimum atomic E-state index is 0.172. The lowest BCUT2D eigenvalue weighted by Crippen LogP contribution is -2.13. The summed E-state index contributed by atoms with van der Waals surface area (Å²) < 4.78 is 0. The molecule has 3 rings (SSSR count). The van der Waals surface area contributed by atoms with Crippen molar-refractivity contribution in [1.29, 1.82) is 0 Å². The molecular formula is C14H12N2O. The number of aryl methyl sites for hydroxylation is 1. The molecule has 0 saturated heterocycles. The quantitative estimate of drug-likeness (QED) is 0.747. The first-order valence-corrected chi connectivity index (χ1v) is 5.79. The van der Waals surface area contributed by atoms with E-state index in [1.54, 1.807) is 6.20 Å². The molecule has 17 heavy (non-hydrogen) atoms. The highest BCUT2D eigenvalue weighted by Gasteiger charge is 2.19. The van der Waals surface area contributed by atoms with Crippen molar-refractivity contribution in [1.82, 2.24) is 9.97 Å². The highest BCUT2D eigenvalue weighted by Crippen LogP contribution is 2.22. The lowest BCUT2D eigenvalue weighted by molar-refractivity contribution is 0.0971. The van der Waals surface area contributed by atoms with E-state index in [9.17, 15) is 4.79 Å². The van der Waals surface area contributed by atoms with E-state index in [0.717, 1.165) is 24.1 Å². The van der Waals surface area contributed by atoms with Gasteiger partial charge in [-0.25, -0.2) is 9.97 Å². The predicted octanol–water partition coefficient (Wildman–Crippen LogP) is 2.66. The Hall–Kier alpha value is -2.03. The van der Waals surface area contributed by atoms with Gasteiger partial charge in [0.15, 0.2) is 11.6 Å². The molecule has 3 heteroatoms. The molecule has 0 bridgehead atoms. The van der Waals surface area contributed by atoms with E-state index in [-0.39, 0.29) is 5.78 Å². The van der Waals surface area contributed by atoms with Gasteiger partial charge in [0, 0.05) is 18.2 Å². The van der Waals surface area contributed by atoms with Crippen molar-refractivity contribution in [2.45, 2.75) is 19.3 Å². The van der Waals surface area contributed by atoms with E-state index in [0.29, 0.717) is 17.8 Å². The van der Waals surface area contributed by atoms with E-state index in [2.05, 4.69) is 9.97 Å². The summed E-state index contributed by atoms with van der Waals surface area (Å²) in [5.74, 6) is 0.880. The van der Waals surface area contributed by atoms with E-state index < -0.39 is 0 Å². The number of carbonyl (C=O) groups is 1. The Balaban J connectivity index is 2.07. The first-order chi connectivity index (χ1) is 8.34. The Morgan fingerprint density at radius 2 is 1.88 bits per heavy atom. The summed E-state index contributed by atoms with van der Waals surface area (Å²) in [6.07, 6.45) is 4.08. The summed E-state index contributed by atoms with van der Waals surface area (Å²) >= 11 is 0. The second-order valence-corrected chi connectivity index (χ2v) is 4.20. The molecule has 2 aromatic rings. The highest BCUT2D eigenvalue weighted by molar-refractivity contribution is 5.97. The van der Waals surface area contributed by atoms with Crippen LogP contribution < -0.4 is 0 Å². The molecule has 1 aliphatic carbocycles. The van der Waals surface area contributed by atoms with Gasteiger partial charge in [-0.2, -0.15) is 0 Å². The molecule has 0 atom stereocenters. The molecule has 0 N–H and O–H groups in total. The first kappa shape index (κ1) is 10.1. The number of hydrogen-bond acceptors (Lipinski definition) is 3. The summed E-state index contributed by atoms with van der Waals surface area (Å²) in [6, 6.07) is 9.84. The Labute approximate surface area is 99.5 Å². The van der Waals surface area contributed by atoms with Crippen LogP contribution in [0, 0.1) is 0 Å². The van der Waals surface area contributed by atoms with Crippen LogP contribution in [0.25, 0.3) is 11.4 Å². The third-order valence-corrected chi connectivity index (χ3v) is 3.02. The van der Waals surface area contributed by atoms with Crippen LogP contribution in [0.5, 0.6) is 0 Å². The zero-order valence-electron chi connectivity index (χ0n) is 9.39. The van der Waals surface area contributed by atoms with Gasteiger partial charge in [0.25, 0.3) is 0 Å². The minimum Gasteiger partial charge on any atom is -0.294 e. The highest BCUT2D eigenvalue weighted by atomic mass is 16.1. The molecular weight excluding hydrogens is 212 g/mol. The van der Waals surface area contributed by atoms with Crippen LogP contribution in [0.2, 0.25) is 0 Å². The average molecular weight is 224 g/mol. The molecule has 1 aliphatic rings. The molecule has 1 heterocycles. The van der Waals surface area contributed by atoms with Crippen LogP contribution in [0.3, 0.4) is 0 Å². The smallest absolute Gasteiger partial charge is 0.166 e. The third kappa shape index (κ3) is 1.84. The largest absolute Gasteiger partial charge is 0.294 e. The van der Waals surface area contributed by atoms with Crippen molar-refractivity contribution in [2.24, 2.45) is 0 Å². The molecule has 1 aromatic heterocycles. The van der Waals surface area contributed by atoms with E-state index in [4.69, 9.17) is 0 Å². The summed E-state index contributed by atoms with van der Waals surface area (Å²) in [6.45, 7) is 0. The SMILES string of the molecule is O=C1CCCc2nc(-c3ccccc3)ncc21. The van der Waals surface area contributed by atoms with Crippen molar-refractivity contribution < 1.29 is 4.79 Å². The molecule has 1 aromatic carbocycles. The van der Waals surface area contributed by atoms with Crippen molar-refractivity contribution in [3.05, 3.63) is 47.8 Å². The second-order valence-electron chi connectivity index (χ2n) is 4.20. The normalized spacial score (nSPS) is 14.5. The van der Waals surface area contributed by atoms with Crippen LogP contribution >= 0.6 is 0 Å². The van der Waals surface area contributed by atoms with Crippen LogP contribution in [0.15, 0.2) is 36.5 Å². The standard InChI is InChI=1S/C14H12N2O/c17-13-8-4-7-12-11(13)9-15-14(16-12)10-5-2-1-3-6-10/h1-3,5-6,9H,4,7-8H2. The fraction of sp³-hybridized carbons (Fsp3) is 0.214. The zero-order valence-corrected chi connectivity index (χ0v) is 9.39. The zero-order chi connectivity index (χ0) is 11.7. The average Bonchev–Trinajstić information content (AvgIpc) is 2.40. The van der Waals surface area contributed by atoms with Gasteiger partial charge in [0.1, 0.15) is 0 Å². The van der Waals surface area contributed by atoms with Crippen LogP contribution in [-0.4, -0.2) is 15.8 Å². The maximum absolute atomic E-state index is 11.7. The number of ketones is 1. The Morgan fingerprint density at radius 3 is 2.71 bits per heavy atom. The Bertz CT molecular complexity index is 564. The van der Waals surface area contributed by atoms with Gasteiger partial charge in [0.2, 0.25) is 0 Å². The van der Waals surface area contributed by atoms with Crippen LogP contribution in [-0.2, 0) is 6.42 Å². The first-order valence-electron chi connectivity index (χ1n) is 5.79. The van der Waals surface area contributed by atoms with E-state index in [1.807, 2.05) is 30.3 Å². The number of benzene rings is 1. The predicted molar refractivity (Wildman–Crippen MR) is 64.7 cm³/mol. The van der Waals surface area contributed by atoms with Gasteiger partial charge in [0.05, 0.1) is 11.3 Å². The number of aromatic nitrogens is 2. The van der Waals surface area contributed by atoms with E-state index in [1.165, 1.54) is 0 Å². The fourth-order valence-corrected chi connectivity index (χ4v) is 2.12. The summed E-state index contributed by atoms with van der Waals surface area (Å²) in [5.41, 5.74) is 2.60. The number of rotatable bonds is 1. The maximum atomic E-state index is 11.7. The monoisotopic (exact) mass is 224 g/mol. The van der Waals surface area contributed by atoms with Gasteiger partial charge in [-0.3, -0.25) is 4.79 Å². The fourth-order valence-electron chi connectivity index (χ4n) is 2.12. The van der Waals surface area contributed by atoms with Gasteiger partial charge in [-0.05, 0) is 12.8 Å². The Kier molecular flexibility index (Phi) is 2.44. The molecule has 84 valence electrons. The number of carbonyl (C=O) groups excluding carboxylic acids is 1. The lowest BCUT2D eigenvalue weighted by Gasteiger charge is -2.13. The molecule has 0 radical (unpaired) electrons. The van der Waals surface area contributed by atoms with Gasteiger partial charge in [-0.1, -0.05) is 30.3 Å². The second kappa shape index (κ2) is 4.09. The van der Waals surface area contributed by atoms with Crippen molar-refractivity contribution in [2.75, 3.05) is 0 Å². The molecule has 0 spiro atoms. The summed E-state index contributed by atoms with van der Waals surface area (Å²) in [7, 11) is 0. The summed E-state index contributed by atoms with van der Waals surface area (Å²) in [5, 5.41) is 0. The van der Waals surface area contributed by atoms with Crippen molar-refractivity contribution in [3.63, 3.8) is 0 Å². The van der Waals surface area contributed by atoms with Crippen molar-refractivity contribution in [3.8, 4) is 11.4 Å². The molecule has 0 saturated carbocycles. The minimum absolute atomic E-state index is 0.172. The van der Waals surface area contributed by atoms with Crippen molar-refractivity contribution >= 4 is 5.78 Å². The number of Topliss-reactive ketones (excluding diaryl/α,β-unsaturated/α-hetero) is 1. The van der Waals surface area contributed by atoms with Gasteiger partial charge in [-0.15, -0.1) is 0 Å². The topological polar surface area (TPSA) is 42.9 Å². The number of hydrogen-bond donors (Lipinski definition) is 0. The molecule has 0 aliphatic heterocycles. The van der Waals surface area contributed by atoms with Gasteiger partial charge >= 0.3 is 0 Å². The van der Waals surface area contributed by atoms with Gasteiger partial charge < -0.3 is 0 Å². The number of nitrogens with zero attached hydrogens (tertiary/aromatic N) is 2. The molecule has 3 nitrogen and oxygen atoms in total. The molecule has 0 amide bonds. The summed E-state index contributed by atoms with van der Waals surface area (Å²) in [4.78, 5) is 20.4. The molecule has 0 unspecified atom stereocenters. The maximum Gasteiger partial charge on any atom is 0.166 e. The lowest BCUT2D eigenvalue weighted by atomic mass is 9.96. The van der Waals surface area contributed by atoms with E-state index >= 15 is 0 Å². The Morgan fingerprint density at radius 1 is 1.06 bits per heavy atom.